The molecular weight excluding hydrogens is 216 g/mol. The van der Waals surface area contributed by atoms with E-state index in [4.69, 9.17) is 10.5 Å². The summed E-state index contributed by atoms with van der Waals surface area (Å²) in [6.07, 6.45) is 0.619. The first-order valence-corrected chi connectivity index (χ1v) is 5.71. The Morgan fingerprint density at radius 1 is 1.47 bits per heavy atom. The Morgan fingerprint density at radius 3 is 2.65 bits per heavy atom. The fourth-order valence-corrected chi connectivity index (χ4v) is 1.69. The maximum Gasteiger partial charge on any atom is 0.241 e. The molecule has 4 nitrogen and oxygen atoms in total. The predicted molar refractivity (Wildman–Crippen MR) is 69.4 cm³/mol. The summed E-state index contributed by atoms with van der Waals surface area (Å²) in [6.45, 7) is 5.76. The highest BCUT2D eigenvalue weighted by molar-refractivity contribution is 5.95. The van der Waals surface area contributed by atoms with Gasteiger partial charge in [-0.15, -0.1) is 0 Å². The fraction of sp³-hybridized carbons (Fsp3) is 0.462. The molecule has 0 aliphatic heterocycles. The first-order chi connectivity index (χ1) is 8.01. The molecule has 0 aliphatic rings. The maximum atomic E-state index is 11.7. The minimum Gasteiger partial charge on any atom is -0.496 e. The average Bonchev–Trinajstić information content (AvgIpc) is 2.32. The van der Waals surface area contributed by atoms with Gasteiger partial charge < -0.3 is 15.8 Å². The third-order valence-electron chi connectivity index (χ3n) is 2.84. The second kappa shape index (κ2) is 5.68. The van der Waals surface area contributed by atoms with Crippen LogP contribution in [0.5, 0.6) is 5.75 Å². The summed E-state index contributed by atoms with van der Waals surface area (Å²) in [5.74, 6) is 0.634. The number of amides is 1. The third-order valence-corrected chi connectivity index (χ3v) is 2.84. The molecule has 0 fully saturated rings. The quantitative estimate of drug-likeness (QED) is 0.840. The van der Waals surface area contributed by atoms with Gasteiger partial charge in [0, 0.05) is 11.3 Å². The second-order valence-electron chi connectivity index (χ2n) is 4.09. The number of methoxy groups -OCH3 is 1. The molecule has 0 saturated heterocycles. The number of rotatable bonds is 4. The summed E-state index contributed by atoms with van der Waals surface area (Å²) in [5, 5.41) is 2.82. The van der Waals surface area contributed by atoms with Gasteiger partial charge in [-0.3, -0.25) is 4.79 Å². The van der Waals surface area contributed by atoms with E-state index in [0.717, 1.165) is 22.6 Å². The Hall–Kier alpha value is -1.55. The minimum absolute atomic E-state index is 0.165. The molecule has 1 atom stereocenters. The van der Waals surface area contributed by atoms with Gasteiger partial charge in [0.05, 0.1) is 13.2 Å². The Labute approximate surface area is 102 Å². The number of nitrogens with one attached hydrogen (secondary N) is 1. The number of aryl methyl sites for hydroxylation is 1. The molecule has 17 heavy (non-hydrogen) atoms. The van der Waals surface area contributed by atoms with E-state index < -0.39 is 6.04 Å². The molecule has 4 heteroatoms. The predicted octanol–water partition coefficient (Wildman–Crippen LogP) is 1.99. The first kappa shape index (κ1) is 13.5. The molecule has 1 aromatic rings. The summed E-state index contributed by atoms with van der Waals surface area (Å²) in [7, 11) is 1.62. The molecular formula is C13H20N2O2. The molecule has 1 aromatic carbocycles. The molecule has 94 valence electrons. The molecule has 0 spiro atoms. The topological polar surface area (TPSA) is 64.4 Å². The van der Waals surface area contributed by atoms with Crippen molar-refractivity contribution in [1.82, 2.24) is 0 Å². The van der Waals surface area contributed by atoms with Crippen molar-refractivity contribution in [2.75, 3.05) is 12.4 Å². The number of hydrogen-bond donors (Lipinski definition) is 2. The highest BCUT2D eigenvalue weighted by atomic mass is 16.5. The summed E-state index contributed by atoms with van der Waals surface area (Å²) >= 11 is 0. The Kier molecular flexibility index (Phi) is 4.52. The number of nitrogens with two attached hydrogens (primary N) is 1. The van der Waals surface area contributed by atoms with Crippen molar-refractivity contribution >= 4 is 11.6 Å². The molecule has 0 heterocycles. The van der Waals surface area contributed by atoms with Gasteiger partial charge >= 0.3 is 0 Å². The van der Waals surface area contributed by atoms with Gasteiger partial charge in [-0.05, 0) is 31.9 Å². The van der Waals surface area contributed by atoms with Crippen LogP contribution in [0.1, 0.15) is 24.5 Å². The number of benzene rings is 1. The van der Waals surface area contributed by atoms with Gasteiger partial charge in [-0.25, -0.2) is 0 Å². The Bertz CT molecular complexity index is 416. The van der Waals surface area contributed by atoms with Crippen molar-refractivity contribution in [2.45, 2.75) is 33.2 Å². The lowest BCUT2D eigenvalue weighted by atomic mass is 10.1. The van der Waals surface area contributed by atoms with Gasteiger partial charge in [0.2, 0.25) is 5.91 Å². The van der Waals surface area contributed by atoms with Crippen LogP contribution in [-0.4, -0.2) is 19.1 Å². The van der Waals surface area contributed by atoms with Crippen LogP contribution in [0, 0.1) is 13.8 Å². The zero-order chi connectivity index (χ0) is 13.0. The van der Waals surface area contributed by atoms with Gasteiger partial charge in [-0.2, -0.15) is 0 Å². The lowest BCUT2D eigenvalue weighted by Gasteiger charge is -2.15. The fourth-order valence-electron chi connectivity index (χ4n) is 1.69. The number of hydrogen-bond acceptors (Lipinski definition) is 3. The normalized spacial score (nSPS) is 12.1. The molecule has 0 aromatic heterocycles. The summed E-state index contributed by atoms with van der Waals surface area (Å²) in [5.41, 5.74) is 8.39. The van der Waals surface area contributed by atoms with Gasteiger partial charge in [0.1, 0.15) is 5.75 Å². The molecule has 1 rings (SSSR count). The van der Waals surface area contributed by atoms with E-state index in [1.54, 1.807) is 7.11 Å². The lowest BCUT2D eigenvalue weighted by molar-refractivity contribution is -0.117. The zero-order valence-electron chi connectivity index (χ0n) is 10.8. The van der Waals surface area contributed by atoms with E-state index in [1.165, 1.54) is 0 Å². The molecule has 1 amide bonds. The molecule has 0 aliphatic carbocycles. The van der Waals surface area contributed by atoms with E-state index in [-0.39, 0.29) is 5.91 Å². The molecule has 0 bridgehead atoms. The van der Waals surface area contributed by atoms with E-state index >= 15 is 0 Å². The van der Waals surface area contributed by atoms with Crippen molar-refractivity contribution in [3.05, 3.63) is 23.3 Å². The monoisotopic (exact) mass is 236 g/mol. The lowest BCUT2D eigenvalue weighted by Crippen LogP contribution is -2.35. The number of anilines is 1. The second-order valence-corrected chi connectivity index (χ2v) is 4.09. The third kappa shape index (κ3) is 2.97. The maximum absolute atomic E-state index is 11.7. The van der Waals surface area contributed by atoms with Crippen LogP contribution in [0.15, 0.2) is 12.1 Å². The van der Waals surface area contributed by atoms with E-state index in [9.17, 15) is 4.79 Å². The molecule has 1 unspecified atom stereocenters. The van der Waals surface area contributed by atoms with Crippen molar-refractivity contribution < 1.29 is 9.53 Å². The first-order valence-electron chi connectivity index (χ1n) is 5.71. The smallest absolute Gasteiger partial charge is 0.241 e. The summed E-state index contributed by atoms with van der Waals surface area (Å²) < 4.78 is 5.30. The van der Waals surface area contributed by atoms with Crippen molar-refractivity contribution in [1.29, 1.82) is 0 Å². The SMILES string of the molecule is CCC(N)C(=O)Nc1ccc(C)c(OC)c1C. The average molecular weight is 236 g/mol. The molecule has 0 radical (unpaired) electrons. The van der Waals surface area contributed by atoms with Crippen LogP contribution in [0.25, 0.3) is 0 Å². The highest BCUT2D eigenvalue weighted by Crippen LogP contribution is 2.29. The molecule has 3 N–H and O–H groups in total. The van der Waals surface area contributed by atoms with Crippen LogP contribution in [0.3, 0.4) is 0 Å². The standard InChI is InChI=1S/C13H20N2O2/c1-5-10(14)13(16)15-11-7-6-8(2)12(17-4)9(11)3/h6-7,10H,5,14H2,1-4H3,(H,15,16). The van der Waals surface area contributed by atoms with Crippen LogP contribution in [0.2, 0.25) is 0 Å². The number of ether oxygens (including phenoxy) is 1. The van der Waals surface area contributed by atoms with Crippen molar-refractivity contribution in [3.63, 3.8) is 0 Å². The van der Waals surface area contributed by atoms with Gasteiger partial charge in [0.25, 0.3) is 0 Å². The van der Waals surface area contributed by atoms with Gasteiger partial charge in [0.15, 0.2) is 0 Å². The Balaban J connectivity index is 2.97. The number of carbonyl (C=O) groups is 1. The van der Waals surface area contributed by atoms with E-state index in [0.29, 0.717) is 6.42 Å². The highest BCUT2D eigenvalue weighted by Gasteiger charge is 2.14. The molecule has 0 saturated carbocycles. The van der Waals surface area contributed by atoms with Crippen molar-refractivity contribution in [3.8, 4) is 5.75 Å². The summed E-state index contributed by atoms with van der Waals surface area (Å²) in [4.78, 5) is 11.7. The largest absolute Gasteiger partial charge is 0.496 e. The Morgan fingerprint density at radius 2 is 2.12 bits per heavy atom. The van der Waals surface area contributed by atoms with Crippen molar-refractivity contribution in [2.24, 2.45) is 5.73 Å². The van der Waals surface area contributed by atoms with Crippen LogP contribution in [0.4, 0.5) is 5.69 Å². The van der Waals surface area contributed by atoms with Crippen LogP contribution < -0.4 is 15.8 Å². The summed E-state index contributed by atoms with van der Waals surface area (Å²) in [6, 6.07) is 3.31. The van der Waals surface area contributed by atoms with E-state index in [1.807, 2.05) is 32.9 Å². The zero-order valence-corrected chi connectivity index (χ0v) is 10.8. The van der Waals surface area contributed by atoms with Crippen LogP contribution in [-0.2, 0) is 4.79 Å². The van der Waals surface area contributed by atoms with E-state index in [2.05, 4.69) is 5.32 Å². The van der Waals surface area contributed by atoms with Crippen LogP contribution >= 0.6 is 0 Å². The number of carbonyl (C=O) groups excluding carboxylic acids is 1. The minimum atomic E-state index is -0.471. The van der Waals surface area contributed by atoms with Gasteiger partial charge in [-0.1, -0.05) is 13.0 Å².